The number of nitrogens with one attached hydrogen (secondary N) is 1. The van der Waals surface area contributed by atoms with Crippen molar-refractivity contribution in [2.75, 3.05) is 11.9 Å². The average Bonchev–Trinajstić information content (AvgIpc) is 2.31. The van der Waals surface area contributed by atoms with E-state index in [4.69, 9.17) is 0 Å². The quantitative estimate of drug-likeness (QED) is 0.694. The zero-order valence-corrected chi connectivity index (χ0v) is 8.09. The molecule has 68 valence electrons. The van der Waals surface area contributed by atoms with E-state index >= 15 is 0 Å². The summed E-state index contributed by atoms with van der Waals surface area (Å²) < 4.78 is 2.02. The van der Waals surface area contributed by atoms with E-state index in [-0.39, 0.29) is 0 Å². The number of aryl methyl sites for hydroxylation is 2. The number of nitrogens with zero attached hydrogens (tertiary/aromatic N) is 2. The normalized spacial score (nSPS) is 10.2. The summed E-state index contributed by atoms with van der Waals surface area (Å²) in [6.45, 7) is 5.21. The lowest BCUT2D eigenvalue weighted by Gasteiger charge is -2.03. The fourth-order valence-corrected chi connectivity index (χ4v) is 1.16. The van der Waals surface area contributed by atoms with Crippen molar-refractivity contribution in [2.45, 2.75) is 26.7 Å². The summed E-state index contributed by atoms with van der Waals surface area (Å²) in [6.07, 6.45) is 4.44. The van der Waals surface area contributed by atoms with Gasteiger partial charge in [0.05, 0.1) is 5.69 Å². The Balaban J connectivity index is 2.45. The zero-order valence-electron chi connectivity index (χ0n) is 8.09. The molecule has 0 atom stereocenters. The maximum atomic E-state index is 4.33. The van der Waals surface area contributed by atoms with Gasteiger partial charge in [0, 0.05) is 19.8 Å². The van der Waals surface area contributed by atoms with Crippen molar-refractivity contribution >= 4 is 5.95 Å². The summed E-state index contributed by atoms with van der Waals surface area (Å²) in [5, 5.41) is 3.29. The van der Waals surface area contributed by atoms with Gasteiger partial charge in [0.25, 0.3) is 0 Å². The molecule has 0 amide bonds. The number of hydrogen-bond acceptors (Lipinski definition) is 2. The molecule has 3 nitrogen and oxygen atoms in total. The highest BCUT2D eigenvalue weighted by Crippen LogP contribution is 2.05. The smallest absolute Gasteiger partial charge is 0.202 e. The second-order valence-electron chi connectivity index (χ2n) is 3.10. The summed E-state index contributed by atoms with van der Waals surface area (Å²) >= 11 is 0. The second-order valence-corrected chi connectivity index (χ2v) is 3.10. The molecular weight excluding hydrogens is 150 g/mol. The van der Waals surface area contributed by atoms with Gasteiger partial charge in [0.15, 0.2) is 0 Å². The SMILES string of the molecule is CCCCNc1nc(C)cn1C. The monoisotopic (exact) mass is 167 g/mol. The van der Waals surface area contributed by atoms with Crippen LogP contribution in [0, 0.1) is 6.92 Å². The van der Waals surface area contributed by atoms with E-state index in [1.165, 1.54) is 12.8 Å². The van der Waals surface area contributed by atoms with Crippen molar-refractivity contribution in [1.82, 2.24) is 9.55 Å². The summed E-state index contributed by atoms with van der Waals surface area (Å²) in [5.41, 5.74) is 1.07. The molecule has 1 aromatic rings. The molecule has 1 N–H and O–H groups in total. The van der Waals surface area contributed by atoms with E-state index in [1.54, 1.807) is 0 Å². The lowest BCUT2D eigenvalue weighted by atomic mass is 10.3. The largest absolute Gasteiger partial charge is 0.356 e. The van der Waals surface area contributed by atoms with Crippen LogP contribution in [0.3, 0.4) is 0 Å². The fourth-order valence-electron chi connectivity index (χ4n) is 1.16. The molecule has 0 aromatic carbocycles. The van der Waals surface area contributed by atoms with Crippen LogP contribution in [0.4, 0.5) is 5.95 Å². The minimum atomic E-state index is 0.973. The molecule has 0 fully saturated rings. The van der Waals surface area contributed by atoms with Crippen LogP contribution in [-0.4, -0.2) is 16.1 Å². The van der Waals surface area contributed by atoms with Crippen molar-refractivity contribution < 1.29 is 0 Å². The van der Waals surface area contributed by atoms with E-state index in [2.05, 4.69) is 17.2 Å². The maximum Gasteiger partial charge on any atom is 0.202 e. The van der Waals surface area contributed by atoms with E-state index in [1.807, 2.05) is 24.7 Å². The molecule has 3 heteroatoms. The summed E-state index contributed by atoms with van der Waals surface area (Å²) in [6, 6.07) is 0. The molecule has 0 aliphatic heterocycles. The van der Waals surface area contributed by atoms with Crippen LogP contribution in [-0.2, 0) is 7.05 Å². The van der Waals surface area contributed by atoms with Crippen LogP contribution in [0.5, 0.6) is 0 Å². The molecule has 12 heavy (non-hydrogen) atoms. The topological polar surface area (TPSA) is 29.9 Å². The third kappa shape index (κ3) is 2.26. The molecule has 0 bridgehead atoms. The molecular formula is C9H17N3. The van der Waals surface area contributed by atoms with Crippen LogP contribution in [0.1, 0.15) is 25.5 Å². The standard InChI is InChI=1S/C9H17N3/c1-4-5-6-10-9-11-8(2)7-12(9)3/h7H,4-6H2,1-3H3,(H,10,11). The molecule has 0 unspecified atom stereocenters. The fraction of sp³-hybridized carbons (Fsp3) is 0.667. The molecule has 0 aliphatic carbocycles. The van der Waals surface area contributed by atoms with Crippen LogP contribution >= 0.6 is 0 Å². The van der Waals surface area contributed by atoms with Gasteiger partial charge in [0.1, 0.15) is 0 Å². The highest BCUT2D eigenvalue weighted by molar-refractivity contribution is 5.27. The third-order valence-corrected chi connectivity index (χ3v) is 1.81. The average molecular weight is 167 g/mol. The minimum Gasteiger partial charge on any atom is -0.356 e. The van der Waals surface area contributed by atoms with Crippen molar-refractivity contribution in [1.29, 1.82) is 0 Å². The lowest BCUT2D eigenvalue weighted by molar-refractivity contribution is 0.812. The number of rotatable bonds is 4. The number of aromatic nitrogens is 2. The highest BCUT2D eigenvalue weighted by atomic mass is 15.2. The Morgan fingerprint density at radius 3 is 2.83 bits per heavy atom. The highest BCUT2D eigenvalue weighted by Gasteiger charge is 1.99. The van der Waals surface area contributed by atoms with E-state index < -0.39 is 0 Å². The Kier molecular flexibility index (Phi) is 3.14. The van der Waals surface area contributed by atoms with Gasteiger partial charge in [-0.25, -0.2) is 4.98 Å². The van der Waals surface area contributed by atoms with Gasteiger partial charge in [-0.05, 0) is 13.3 Å². The third-order valence-electron chi connectivity index (χ3n) is 1.81. The summed E-state index contributed by atoms with van der Waals surface area (Å²) in [5.74, 6) is 0.973. The van der Waals surface area contributed by atoms with Crippen molar-refractivity contribution in [2.24, 2.45) is 7.05 Å². The Bertz CT molecular complexity index is 240. The van der Waals surface area contributed by atoms with Gasteiger partial charge in [-0.15, -0.1) is 0 Å². The van der Waals surface area contributed by atoms with Crippen LogP contribution < -0.4 is 5.32 Å². The molecule has 1 aromatic heterocycles. The predicted molar refractivity (Wildman–Crippen MR) is 51.3 cm³/mol. The Hall–Kier alpha value is -0.990. The zero-order chi connectivity index (χ0) is 8.97. The van der Waals surface area contributed by atoms with Gasteiger partial charge in [-0.3, -0.25) is 0 Å². The van der Waals surface area contributed by atoms with Gasteiger partial charge in [-0.1, -0.05) is 13.3 Å². The van der Waals surface area contributed by atoms with Crippen molar-refractivity contribution in [3.8, 4) is 0 Å². The van der Waals surface area contributed by atoms with Crippen LogP contribution in [0.2, 0.25) is 0 Å². The Morgan fingerprint density at radius 1 is 1.58 bits per heavy atom. The first-order valence-corrected chi connectivity index (χ1v) is 4.48. The summed E-state index contributed by atoms with van der Waals surface area (Å²) in [4.78, 5) is 4.33. The molecule has 0 radical (unpaired) electrons. The number of imidazole rings is 1. The lowest BCUT2D eigenvalue weighted by Crippen LogP contribution is -2.05. The van der Waals surface area contributed by atoms with E-state index in [0.29, 0.717) is 0 Å². The minimum absolute atomic E-state index is 0.973. The molecule has 0 saturated heterocycles. The predicted octanol–water partition coefficient (Wildman–Crippen LogP) is 1.94. The molecule has 1 heterocycles. The first kappa shape index (κ1) is 9.10. The maximum absolute atomic E-state index is 4.33. The molecule has 0 aliphatic rings. The van der Waals surface area contributed by atoms with Gasteiger partial charge in [0.2, 0.25) is 5.95 Å². The number of anilines is 1. The molecule has 0 spiro atoms. The number of hydrogen-bond donors (Lipinski definition) is 1. The first-order chi connectivity index (χ1) is 5.74. The van der Waals surface area contributed by atoms with E-state index in [0.717, 1.165) is 18.2 Å². The van der Waals surface area contributed by atoms with Crippen LogP contribution in [0.15, 0.2) is 6.20 Å². The first-order valence-electron chi connectivity index (χ1n) is 4.48. The van der Waals surface area contributed by atoms with Crippen LogP contribution in [0.25, 0.3) is 0 Å². The number of unbranched alkanes of at least 4 members (excludes halogenated alkanes) is 1. The second kappa shape index (κ2) is 4.14. The van der Waals surface area contributed by atoms with Crippen molar-refractivity contribution in [3.05, 3.63) is 11.9 Å². The van der Waals surface area contributed by atoms with Gasteiger partial charge >= 0.3 is 0 Å². The molecule has 1 rings (SSSR count). The summed E-state index contributed by atoms with van der Waals surface area (Å²) in [7, 11) is 2.01. The Labute approximate surface area is 73.8 Å². The van der Waals surface area contributed by atoms with Crippen molar-refractivity contribution in [3.63, 3.8) is 0 Å². The molecule has 0 saturated carbocycles. The van der Waals surface area contributed by atoms with Gasteiger partial charge < -0.3 is 9.88 Å². The Morgan fingerprint density at radius 2 is 2.33 bits per heavy atom. The van der Waals surface area contributed by atoms with E-state index in [9.17, 15) is 0 Å². The van der Waals surface area contributed by atoms with Gasteiger partial charge in [-0.2, -0.15) is 0 Å².